The summed E-state index contributed by atoms with van der Waals surface area (Å²) >= 11 is 1.70. The van der Waals surface area contributed by atoms with E-state index in [-0.39, 0.29) is 0 Å². The average Bonchev–Trinajstić information content (AvgIpc) is 1.82. The molecular weight excluding hydrogens is 134 g/mol. The van der Waals surface area contributed by atoms with Crippen molar-refractivity contribution in [2.45, 2.75) is 26.8 Å². The third-order valence-electron chi connectivity index (χ3n) is 0.858. The molecule has 0 fully saturated rings. The number of hydrogen-bond acceptors (Lipinski definition) is 3. The predicted molar refractivity (Wildman–Crippen MR) is 42.1 cm³/mol. The number of hydroxylamine groups is 1. The van der Waals surface area contributed by atoms with Gasteiger partial charge in [-0.25, -0.2) is 0 Å². The quantitative estimate of drug-likeness (QED) is 0.447. The molecular formula is C6H15NOS. The zero-order valence-corrected chi connectivity index (χ0v) is 7.36. The van der Waals surface area contributed by atoms with E-state index in [1.165, 1.54) is 0 Å². The molecule has 0 unspecified atom stereocenters. The fourth-order valence-electron chi connectivity index (χ4n) is 0.540. The van der Waals surface area contributed by atoms with Gasteiger partial charge in [-0.1, -0.05) is 18.9 Å². The lowest BCUT2D eigenvalue weighted by atomic mass is 10.4. The van der Waals surface area contributed by atoms with Gasteiger partial charge in [-0.05, 0) is 13.8 Å². The lowest BCUT2D eigenvalue weighted by Gasteiger charge is -2.20. The fraction of sp³-hybridized carbons (Fsp3) is 1.00. The van der Waals surface area contributed by atoms with Gasteiger partial charge in [-0.15, -0.1) is 4.47 Å². The highest BCUT2D eigenvalue weighted by Gasteiger charge is 2.05. The Morgan fingerprint density at radius 2 is 2.11 bits per heavy atom. The summed E-state index contributed by atoms with van der Waals surface area (Å²) in [7, 11) is 1.70. The third-order valence-corrected chi connectivity index (χ3v) is 1.94. The van der Waals surface area contributed by atoms with E-state index in [9.17, 15) is 0 Å². The fourth-order valence-corrected chi connectivity index (χ4v) is 1.20. The molecule has 0 rings (SSSR count). The molecule has 0 amide bonds. The van der Waals surface area contributed by atoms with Crippen molar-refractivity contribution in [3.63, 3.8) is 0 Å². The molecule has 0 aliphatic rings. The van der Waals surface area contributed by atoms with Gasteiger partial charge in [-0.3, -0.25) is 4.84 Å². The van der Waals surface area contributed by atoms with Gasteiger partial charge in [0.15, 0.2) is 0 Å². The minimum atomic E-state index is 0.458. The normalized spacial score (nSPS) is 11.3. The lowest BCUT2D eigenvalue weighted by Crippen LogP contribution is -2.22. The summed E-state index contributed by atoms with van der Waals surface area (Å²) in [6.07, 6.45) is 0. The van der Waals surface area contributed by atoms with Gasteiger partial charge in [0.05, 0.1) is 7.11 Å². The largest absolute Gasteiger partial charge is 0.291 e. The first kappa shape index (κ1) is 9.27. The molecule has 2 nitrogen and oxygen atoms in total. The molecule has 0 spiro atoms. The molecule has 0 N–H and O–H groups in total. The van der Waals surface area contributed by atoms with Crippen molar-refractivity contribution in [2.24, 2.45) is 0 Å². The molecule has 0 aromatic rings. The molecule has 0 saturated carbocycles. The van der Waals surface area contributed by atoms with Crippen molar-refractivity contribution < 1.29 is 4.84 Å². The first-order valence-corrected chi connectivity index (χ1v) is 4.12. The summed E-state index contributed by atoms with van der Waals surface area (Å²) < 4.78 is 1.89. The second-order valence-electron chi connectivity index (χ2n) is 1.98. The summed E-state index contributed by atoms with van der Waals surface area (Å²) in [5.74, 6) is 1.06. The topological polar surface area (TPSA) is 12.5 Å². The molecule has 0 radical (unpaired) electrons. The SMILES string of the molecule is CCSN(OC)C(C)C. The van der Waals surface area contributed by atoms with Crippen LogP contribution in [0.2, 0.25) is 0 Å². The molecule has 0 heterocycles. The Labute approximate surface area is 61.6 Å². The minimum absolute atomic E-state index is 0.458. The molecule has 0 bridgehead atoms. The van der Waals surface area contributed by atoms with Crippen molar-refractivity contribution in [3.05, 3.63) is 0 Å². The summed E-state index contributed by atoms with van der Waals surface area (Å²) in [6, 6.07) is 0.458. The monoisotopic (exact) mass is 149 g/mol. The second-order valence-corrected chi connectivity index (χ2v) is 3.17. The Morgan fingerprint density at radius 1 is 1.56 bits per heavy atom. The molecule has 0 aromatic carbocycles. The maximum atomic E-state index is 5.05. The number of rotatable bonds is 4. The zero-order chi connectivity index (χ0) is 7.28. The molecule has 9 heavy (non-hydrogen) atoms. The molecule has 0 aromatic heterocycles. The summed E-state index contributed by atoms with van der Waals surface area (Å²) in [5.41, 5.74) is 0. The average molecular weight is 149 g/mol. The van der Waals surface area contributed by atoms with E-state index < -0.39 is 0 Å². The van der Waals surface area contributed by atoms with Gasteiger partial charge in [0.1, 0.15) is 0 Å². The highest BCUT2D eigenvalue weighted by Crippen LogP contribution is 2.12. The van der Waals surface area contributed by atoms with Crippen LogP contribution < -0.4 is 0 Å². The molecule has 0 atom stereocenters. The Kier molecular flexibility index (Phi) is 5.24. The van der Waals surface area contributed by atoms with Gasteiger partial charge in [0, 0.05) is 11.8 Å². The minimum Gasteiger partial charge on any atom is -0.291 e. The van der Waals surface area contributed by atoms with Crippen LogP contribution in [0.3, 0.4) is 0 Å². The van der Waals surface area contributed by atoms with E-state index in [1.54, 1.807) is 19.1 Å². The highest BCUT2D eigenvalue weighted by atomic mass is 32.2. The van der Waals surface area contributed by atoms with Gasteiger partial charge < -0.3 is 0 Å². The zero-order valence-electron chi connectivity index (χ0n) is 6.55. The Balaban J connectivity index is 3.41. The van der Waals surface area contributed by atoms with E-state index in [2.05, 4.69) is 20.8 Å². The molecule has 0 saturated heterocycles. The summed E-state index contributed by atoms with van der Waals surface area (Å²) in [4.78, 5) is 5.05. The molecule has 56 valence electrons. The Morgan fingerprint density at radius 3 is 2.22 bits per heavy atom. The van der Waals surface area contributed by atoms with Crippen molar-refractivity contribution >= 4 is 11.9 Å². The van der Waals surface area contributed by atoms with Crippen molar-refractivity contribution in [1.82, 2.24) is 4.47 Å². The van der Waals surface area contributed by atoms with Crippen LogP contribution in [0.25, 0.3) is 0 Å². The number of nitrogens with zero attached hydrogens (tertiary/aromatic N) is 1. The van der Waals surface area contributed by atoms with Crippen LogP contribution in [0, 0.1) is 0 Å². The first-order chi connectivity index (χ1) is 4.22. The standard InChI is InChI=1S/C6H15NOS/c1-5-9-7(8-4)6(2)3/h6H,5H2,1-4H3. The third kappa shape index (κ3) is 3.78. The van der Waals surface area contributed by atoms with Crippen LogP contribution >= 0.6 is 11.9 Å². The molecule has 3 heteroatoms. The summed E-state index contributed by atoms with van der Waals surface area (Å²) in [6.45, 7) is 6.32. The second kappa shape index (κ2) is 5.09. The highest BCUT2D eigenvalue weighted by molar-refractivity contribution is 7.96. The van der Waals surface area contributed by atoms with Crippen molar-refractivity contribution in [2.75, 3.05) is 12.9 Å². The maximum absolute atomic E-state index is 5.05. The van der Waals surface area contributed by atoms with E-state index in [1.807, 2.05) is 4.47 Å². The van der Waals surface area contributed by atoms with E-state index >= 15 is 0 Å². The smallest absolute Gasteiger partial charge is 0.0586 e. The summed E-state index contributed by atoms with van der Waals surface area (Å²) in [5, 5.41) is 0. The van der Waals surface area contributed by atoms with Gasteiger partial charge >= 0.3 is 0 Å². The van der Waals surface area contributed by atoms with Gasteiger partial charge in [0.2, 0.25) is 0 Å². The van der Waals surface area contributed by atoms with Crippen LogP contribution in [0.15, 0.2) is 0 Å². The van der Waals surface area contributed by atoms with Gasteiger partial charge in [0.25, 0.3) is 0 Å². The van der Waals surface area contributed by atoms with E-state index in [4.69, 9.17) is 4.84 Å². The van der Waals surface area contributed by atoms with Crippen LogP contribution in [0.4, 0.5) is 0 Å². The predicted octanol–water partition coefficient (Wildman–Crippen LogP) is 1.93. The Bertz CT molecular complexity index is 68.1. The van der Waals surface area contributed by atoms with Crippen LogP contribution in [0.5, 0.6) is 0 Å². The van der Waals surface area contributed by atoms with Crippen molar-refractivity contribution in [1.29, 1.82) is 0 Å². The lowest BCUT2D eigenvalue weighted by molar-refractivity contribution is -0.0603. The molecule has 0 aliphatic carbocycles. The van der Waals surface area contributed by atoms with Crippen LogP contribution in [-0.2, 0) is 4.84 Å². The van der Waals surface area contributed by atoms with E-state index in [0.717, 1.165) is 5.75 Å². The maximum Gasteiger partial charge on any atom is 0.0586 e. The van der Waals surface area contributed by atoms with Crippen molar-refractivity contribution in [3.8, 4) is 0 Å². The van der Waals surface area contributed by atoms with E-state index in [0.29, 0.717) is 6.04 Å². The Hall–Kier alpha value is 0.270. The molecule has 0 aliphatic heterocycles. The van der Waals surface area contributed by atoms with Crippen LogP contribution in [-0.4, -0.2) is 23.4 Å². The van der Waals surface area contributed by atoms with Crippen LogP contribution in [0.1, 0.15) is 20.8 Å². The first-order valence-electron chi connectivity index (χ1n) is 3.18. The van der Waals surface area contributed by atoms with Gasteiger partial charge in [-0.2, -0.15) is 0 Å². The number of hydrogen-bond donors (Lipinski definition) is 0.